The molecule has 3 heterocycles. The highest BCUT2D eigenvalue weighted by molar-refractivity contribution is 5.97. The summed E-state index contributed by atoms with van der Waals surface area (Å²) in [6.45, 7) is 8.07. The van der Waals surface area contributed by atoms with Gasteiger partial charge >= 0.3 is 0 Å². The second-order valence-corrected chi connectivity index (χ2v) is 7.70. The minimum Gasteiger partial charge on any atom is -0.490 e. The predicted molar refractivity (Wildman–Crippen MR) is 117 cm³/mol. The van der Waals surface area contributed by atoms with Crippen molar-refractivity contribution in [3.63, 3.8) is 0 Å². The first-order chi connectivity index (χ1) is 14.7. The average Bonchev–Trinajstić information content (AvgIpc) is 2.77. The van der Waals surface area contributed by atoms with Crippen molar-refractivity contribution in [3.8, 4) is 11.5 Å². The molecule has 0 atom stereocenters. The van der Waals surface area contributed by atoms with Crippen LogP contribution >= 0.6 is 0 Å². The van der Waals surface area contributed by atoms with E-state index in [1.165, 1.54) is 0 Å². The van der Waals surface area contributed by atoms with Gasteiger partial charge in [-0.05, 0) is 39.2 Å². The van der Waals surface area contributed by atoms with Crippen molar-refractivity contribution in [1.29, 1.82) is 0 Å². The number of rotatable bonds is 7. The van der Waals surface area contributed by atoms with Crippen molar-refractivity contribution in [2.24, 2.45) is 4.99 Å². The molecule has 0 radical (unpaired) electrons. The lowest BCUT2D eigenvalue weighted by Crippen LogP contribution is -2.36. The third-order valence-electron chi connectivity index (χ3n) is 5.59. The highest BCUT2D eigenvalue weighted by Gasteiger charge is 2.24. The zero-order valence-electron chi connectivity index (χ0n) is 17.9. The van der Waals surface area contributed by atoms with E-state index in [0.29, 0.717) is 32.1 Å². The number of ether oxygens (including phenoxy) is 2. The largest absolute Gasteiger partial charge is 0.490 e. The van der Waals surface area contributed by atoms with E-state index in [1.54, 1.807) is 0 Å². The molecule has 160 valence electrons. The summed E-state index contributed by atoms with van der Waals surface area (Å²) >= 11 is 0. The van der Waals surface area contributed by atoms with E-state index < -0.39 is 0 Å². The first kappa shape index (κ1) is 20.6. The normalized spacial score (nSPS) is 16.7. The van der Waals surface area contributed by atoms with Crippen LogP contribution in [-0.4, -0.2) is 46.9 Å². The summed E-state index contributed by atoms with van der Waals surface area (Å²) in [6.07, 6.45) is 3.87. The van der Waals surface area contributed by atoms with Gasteiger partial charge in [-0.1, -0.05) is 12.1 Å². The average molecular weight is 411 g/mol. The minimum absolute atomic E-state index is 0.0407. The number of hydrogen-bond acceptors (Lipinski definition) is 6. The van der Waals surface area contributed by atoms with Gasteiger partial charge in [0.2, 0.25) is 0 Å². The molecular formula is C23H30N4O3. The zero-order chi connectivity index (χ0) is 20.9. The van der Waals surface area contributed by atoms with Gasteiger partial charge in [0.25, 0.3) is 5.56 Å². The van der Waals surface area contributed by atoms with E-state index in [1.807, 2.05) is 26.0 Å². The minimum atomic E-state index is -0.0407. The van der Waals surface area contributed by atoms with Gasteiger partial charge in [0.1, 0.15) is 0 Å². The van der Waals surface area contributed by atoms with Gasteiger partial charge in [-0.2, -0.15) is 0 Å². The van der Waals surface area contributed by atoms with Crippen LogP contribution < -0.4 is 15.0 Å². The summed E-state index contributed by atoms with van der Waals surface area (Å²) < 4.78 is 11.6. The van der Waals surface area contributed by atoms with Crippen LogP contribution in [0.5, 0.6) is 11.5 Å². The number of hydrogen-bond donors (Lipinski definition) is 1. The summed E-state index contributed by atoms with van der Waals surface area (Å²) in [6, 6.07) is 6.00. The van der Waals surface area contributed by atoms with Crippen LogP contribution in [0, 0.1) is 0 Å². The molecule has 0 saturated heterocycles. The molecule has 30 heavy (non-hydrogen) atoms. The molecule has 2 aromatic rings. The van der Waals surface area contributed by atoms with Crippen LogP contribution in [0.3, 0.4) is 0 Å². The highest BCUT2D eigenvalue weighted by atomic mass is 16.5. The van der Waals surface area contributed by atoms with Gasteiger partial charge < -0.3 is 14.5 Å². The highest BCUT2D eigenvalue weighted by Crippen LogP contribution is 2.33. The smallest absolute Gasteiger partial charge is 0.255 e. The van der Waals surface area contributed by atoms with Crippen molar-refractivity contribution in [2.75, 3.05) is 26.3 Å². The second kappa shape index (κ2) is 9.43. The number of nitrogens with zero attached hydrogens (tertiary/aromatic N) is 3. The molecule has 1 aromatic heterocycles. The summed E-state index contributed by atoms with van der Waals surface area (Å²) in [5, 5.41) is 0. The van der Waals surface area contributed by atoms with E-state index in [9.17, 15) is 4.79 Å². The lowest BCUT2D eigenvalue weighted by molar-refractivity contribution is 0.232. The molecule has 0 fully saturated rings. The maximum absolute atomic E-state index is 12.8. The Morgan fingerprint density at radius 2 is 2.00 bits per heavy atom. The molecule has 0 saturated carbocycles. The van der Waals surface area contributed by atoms with Crippen LogP contribution in [0.25, 0.3) is 0 Å². The maximum Gasteiger partial charge on any atom is 0.255 e. The fourth-order valence-corrected chi connectivity index (χ4v) is 4.15. The summed E-state index contributed by atoms with van der Waals surface area (Å²) in [5.74, 6) is 2.23. The van der Waals surface area contributed by atoms with E-state index >= 15 is 0 Å². The van der Waals surface area contributed by atoms with Crippen molar-refractivity contribution in [1.82, 2.24) is 14.9 Å². The first-order valence-corrected chi connectivity index (χ1v) is 10.9. The molecule has 2 aliphatic heterocycles. The third kappa shape index (κ3) is 4.41. The number of H-pyrrole nitrogens is 1. The van der Waals surface area contributed by atoms with Crippen molar-refractivity contribution in [2.45, 2.75) is 52.6 Å². The molecule has 7 heteroatoms. The number of fused-ring (bicyclic) bond motifs is 1. The second-order valence-electron chi connectivity index (χ2n) is 7.70. The van der Waals surface area contributed by atoms with Gasteiger partial charge in [0.15, 0.2) is 17.3 Å². The zero-order valence-corrected chi connectivity index (χ0v) is 17.9. The van der Waals surface area contributed by atoms with Gasteiger partial charge in [-0.15, -0.1) is 0 Å². The molecule has 0 spiro atoms. The Labute approximate surface area is 177 Å². The van der Waals surface area contributed by atoms with Crippen LogP contribution in [-0.2, 0) is 19.5 Å². The Morgan fingerprint density at radius 3 is 2.77 bits per heavy atom. The molecule has 0 bridgehead atoms. The number of benzene rings is 1. The van der Waals surface area contributed by atoms with Gasteiger partial charge in [-0.3, -0.25) is 14.7 Å². The van der Waals surface area contributed by atoms with Crippen molar-refractivity contribution in [3.05, 3.63) is 51.2 Å². The van der Waals surface area contributed by atoms with E-state index in [4.69, 9.17) is 14.5 Å². The molecule has 1 aromatic carbocycles. The number of para-hydroxylation sites is 1. The maximum atomic E-state index is 12.8. The van der Waals surface area contributed by atoms with Crippen LogP contribution in [0.2, 0.25) is 0 Å². The van der Waals surface area contributed by atoms with Gasteiger partial charge in [0.05, 0.1) is 30.2 Å². The molecule has 0 aliphatic carbocycles. The molecular weight excluding hydrogens is 380 g/mol. The first-order valence-electron chi connectivity index (χ1n) is 10.9. The summed E-state index contributed by atoms with van der Waals surface area (Å²) in [5.41, 5.74) is 3.65. The van der Waals surface area contributed by atoms with E-state index in [2.05, 4.69) is 20.9 Å². The van der Waals surface area contributed by atoms with Crippen molar-refractivity contribution < 1.29 is 9.47 Å². The summed E-state index contributed by atoms with van der Waals surface area (Å²) in [4.78, 5) is 27.4. The number of aliphatic imine (C=N–C) groups is 1. The van der Waals surface area contributed by atoms with Gasteiger partial charge in [-0.25, -0.2) is 4.98 Å². The Hall–Kier alpha value is -2.67. The summed E-state index contributed by atoms with van der Waals surface area (Å²) in [7, 11) is 0. The number of aromatic amines is 1. The fourth-order valence-electron chi connectivity index (χ4n) is 4.15. The Kier molecular flexibility index (Phi) is 6.47. The monoisotopic (exact) mass is 410 g/mol. The van der Waals surface area contributed by atoms with E-state index in [-0.39, 0.29) is 5.56 Å². The molecule has 0 amide bonds. The quantitative estimate of drug-likeness (QED) is 0.759. The predicted octanol–water partition coefficient (Wildman–Crippen LogP) is 3.10. The van der Waals surface area contributed by atoms with E-state index in [0.717, 1.165) is 72.8 Å². The Morgan fingerprint density at radius 1 is 1.13 bits per heavy atom. The Balaban J connectivity index is 1.55. The molecule has 7 nitrogen and oxygen atoms in total. The third-order valence-corrected chi connectivity index (χ3v) is 5.59. The fraction of sp³-hybridized carbons (Fsp3) is 0.522. The molecule has 4 rings (SSSR count). The van der Waals surface area contributed by atoms with Crippen LogP contribution in [0.4, 0.5) is 0 Å². The number of aromatic nitrogens is 2. The lowest BCUT2D eigenvalue weighted by atomic mass is 10.0. The Bertz CT molecular complexity index is 983. The standard InChI is InChI=1S/C23H30N4O3/c1-3-29-20-10-7-8-16(21(20)30-4-2)14-27-13-11-18-17(15-27)23(28)26-22(25-18)19-9-5-6-12-24-19/h7-8,10H,3-6,9,11-15H2,1-2H3,(H,25,26,28). The SMILES string of the molecule is CCOc1cccc(CN2CCc3nc(C4=NCCCC4)[nH]c(=O)c3C2)c1OCC. The molecule has 0 unspecified atom stereocenters. The lowest BCUT2D eigenvalue weighted by Gasteiger charge is -2.28. The van der Waals surface area contributed by atoms with Crippen LogP contribution in [0.15, 0.2) is 28.0 Å². The van der Waals surface area contributed by atoms with Gasteiger partial charge in [0, 0.05) is 38.2 Å². The van der Waals surface area contributed by atoms with Crippen LogP contribution in [0.1, 0.15) is 55.8 Å². The molecule has 2 aliphatic rings. The molecule has 1 N–H and O–H groups in total. The topological polar surface area (TPSA) is 79.8 Å². The number of nitrogens with one attached hydrogen (secondary N) is 1. The van der Waals surface area contributed by atoms with Crippen molar-refractivity contribution >= 4 is 5.71 Å².